The van der Waals surface area contributed by atoms with Gasteiger partial charge in [0.15, 0.2) is 0 Å². The van der Waals surface area contributed by atoms with Crippen LogP contribution in [0.4, 0.5) is 4.79 Å². The number of amides is 6. The zero-order valence-electron chi connectivity index (χ0n) is 30.3. The van der Waals surface area contributed by atoms with Crippen LogP contribution < -0.4 is 31.9 Å². The Labute approximate surface area is 312 Å². The van der Waals surface area contributed by atoms with Crippen LogP contribution in [-0.4, -0.2) is 90.6 Å². The monoisotopic (exact) mass is 746 g/mol. The fourth-order valence-electron chi connectivity index (χ4n) is 4.68. The third-order valence-electron chi connectivity index (χ3n) is 7.28. The minimum Gasteiger partial charge on any atom is -0.508 e. The van der Waals surface area contributed by atoms with Gasteiger partial charge in [-0.1, -0.05) is 72.8 Å². The van der Waals surface area contributed by atoms with Gasteiger partial charge in [0, 0.05) is 12.8 Å². The van der Waals surface area contributed by atoms with Gasteiger partial charge in [0.1, 0.15) is 36.6 Å². The molecule has 16 heteroatoms. The fraction of sp³-hybridized carbons (Fsp3) is 0.342. The Morgan fingerprint density at radius 3 is 1.59 bits per heavy atom. The average Bonchev–Trinajstić information content (AvgIpc) is 3.13. The highest BCUT2D eigenvalue weighted by Gasteiger charge is 2.27. The van der Waals surface area contributed by atoms with Crippen molar-refractivity contribution in [3.05, 3.63) is 102 Å². The highest BCUT2D eigenvalue weighted by molar-refractivity contribution is 5.94. The Morgan fingerprint density at radius 2 is 1.04 bits per heavy atom. The molecule has 0 aliphatic carbocycles. The molecular formula is C38H46N6O10. The molecule has 3 aromatic carbocycles. The predicted molar refractivity (Wildman–Crippen MR) is 195 cm³/mol. The second kappa shape index (κ2) is 21.2. The van der Waals surface area contributed by atoms with E-state index in [2.05, 4.69) is 31.9 Å². The third kappa shape index (κ3) is 16.7. The summed E-state index contributed by atoms with van der Waals surface area (Å²) in [5, 5.41) is 24.2. The number of rotatable bonds is 18. The van der Waals surface area contributed by atoms with Crippen LogP contribution in [0, 0.1) is 0 Å². The number of hydrogen-bond acceptors (Lipinski definition) is 10. The number of benzene rings is 3. The molecule has 0 aliphatic rings. The summed E-state index contributed by atoms with van der Waals surface area (Å²) >= 11 is 0. The molecule has 0 heterocycles. The van der Waals surface area contributed by atoms with E-state index >= 15 is 0 Å². The zero-order chi connectivity index (χ0) is 39.5. The Bertz CT molecular complexity index is 1730. The van der Waals surface area contributed by atoms with Gasteiger partial charge in [-0.05, 0) is 49.6 Å². The van der Waals surface area contributed by atoms with Crippen molar-refractivity contribution in [3.8, 4) is 5.75 Å². The van der Waals surface area contributed by atoms with Crippen molar-refractivity contribution >= 4 is 41.6 Å². The second-order valence-corrected chi connectivity index (χ2v) is 13.0. The second-order valence-electron chi connectivity index (χ2n) is 13.0. The Hall–Kier alpha value is -6.45. The lowest BCUT2D eigenvalue weighted by Gasteiger charge is -2.23. The molecule has 0 unspecified atom stereocenters. The minimum absolute atomic E-state index is 0.0109. The van der Waals surface area contributed by atoms with Crippen LogP contribution in [0.25, 0.3) is 0 Å². The number of hydrogen-bond donors (Lipinski definition) is 7. The Morgan fingerprint density at radius 1 is 0.574 bits per heavy atom. The van der Waals surface area contributed by atoms with Crippen LogP contribution in [0.2, 0.25) is 0 Å². The number of ether oxygens (including phenoxy) is 2. The number of alkyl carbamates (subject to hydrolysis) is 1. The molecule has 6 amide bonds. The topological polar surface area (TPSA) is 230 Å². The van der Waals surface area contributed by atoms with Crippen LogP contribution in [-0.2, 0) is 57.7 Å². The van der Waals surface area contributed by atoms with Crippen LogP contribution in [0.5, 0.6) is 5.75 Å². The first-order valence-electron chi connectivity index (χ1n) is 17.1. The summed E-state index contributed by atoms with van der Waals surface area (Å²) in [6.07, 6.45) is -0.799. The molecule has 0 saturated heterocycles. The SMILES string of the molecule is CC(C)(C)OC(=O)N[C@@H](Cc1ccc(O)cc1)C(=O)NCC(=O)N[C@@H](Cc1ccccc1)C(=O)NCC(=O)NCC(=O)NCC(=O)OCc1ccccc1. The van der Waals surface area contributed by atoms with Crippen LogP contribution in [0.3, 0.4) is 0 Å². The lowest BCUT2D eigenvalue weighted by molar-refractivity contribution is -0.145. The van der Waals surface area contributed by atoms with Gasteiger partial charge in [0.2, 0.25) is 29.5 Å². The normalized spacial score (nSPS) is 11.8. The number of carbonyl (C=O) groups is 7. The van der Waals surface area contributed by atoms with E-state index in [1.165, 1.54) is 12.1 Å². The van der Waals surface area contributed by atoms with E-state index < -0.39 is 85.5 Å². The van der Waals surface area contributed by atoms with E-state index in [0.717, 1.165) is 5.56 Å². The van der Waals surface area contributed by atoms with E-state index in [1.807, 2.05) is 6.07 Å². The maximum absolute atomic E-state index is 13.2. The fourth-order valence-corrected chi connectivity index (χ4v) is 4.68. The molecular weight excluding hydrogens is 700 g/mol. The molecule has 7 N–H and O–H groups in total. The number of nitrogens with one attached hydrogen (secondary N) is 6. The molecule has 0 aromatic heterocycles. The van der Waals surface area contributed by atoms with Crippen LogP contribution >= 0.6 is 0 Å². The van der Waals surface area contributed by atoms with Gasteiger partial charge >= 0.3 is 12.1 Å². The van der Waals surface area contributed by atoms with Gasteiger partial charge in [0.05, 0.1) is 19.6 Å². The van der Waals surface area contributed by atoms with Crippen LogP contribution in [0.15, 0.2) is 84.9 Å². The largest absolute Gasteiger partial charge is 0.508 e. The van der Waals surface area contributed by atoms with Crippen molar-refractivity contribution in [2.75, 3.05) is 26.2 Å². The van der Waals surface area contributed by atoms with Crippen molar-refractivity contribution in [1.29, 1.82) is 0 Å². The molecule has 0 spiro atoms. The van der Waals surface area contributed by atoms with Gasteiger partial charge in [-0.2, -0.15) is 0 Å². The summed E-state index contributed by atoms with van der Waals surface area (Å²) < 4.78 is 10.4. The highest BCUT2D eigenvalue weighted by Crippen LogP contribution is 2.13. The summed E-state index contributed by atoms with van der Waals surface area (Å²) in [6, 6.07) is 21.4. The van der Waals surface area contributed by atoms with Crippen molar-refractivity contribution < 1.29 is 48.1 Å². The summed E-state index contributed by atoms with van der Waals surface area (Å²) in [5.41, 5.74) is 1.25. The van der Waals surface area contributed by atoms with Crippen molar-refractivity contribution in [2.45, 2.75) is 57.9 Å². The van der Waals surface area contributed by atoms with Gasteiger partial charge in [-0.15, -0.1) is 0 Å². The van der Waals surface area contributed by atoms with Crippen LogP contribution in [0.1, 0.15) is 37.5 Å². The first-order chi connectivity index (χ1) is 25.7. The third-order valence-corrected chi connectivity index (χ3v) is 7.28. The zero-order valence-corrected chi connectivity index (χ0v) is 30.3. The molecule has 16 nitrogen and oxygen atoms in total. The highest BCUT2D eigenvalue weighted by atomic mass is 16.6. The number of carbonyl (C=O) groups excluding carboxylic acids is 7. The van der Waals surface area contributed by atoms with Gasteiger partial charge < -0.3 is 46.5 Å². The lowest BCUT2D eigenvalue weighted by atomic mass is 10.0. The first kappa shape index (κ1) is 42.0. The molecule has 3 aromatic rings. The van der Waals surface area contributed by atoms with E-state index in [-0.39, 0.29) is 25.2 Å². The van der Waals surface area contributed by atoms with Gasteiger partial charge in [-0.3, -0.25) is 28.8 Å². The van der Waals surface area contributed by atoms with E-state index in [4.69, 9.17) is 9.47 Å². The molecule has 54 heavy (non-hydrogen) atoms. The summed E-state index contributed by atoms with van der Waals surface area (Å²) in [6.45, 7) is 3.07. The van der Waals surface area contributed by atoms with E-state index in [9.17, 15) is 38.7 Å². The summed E-state index contributed by atoms with van der Waals surface area (Å²) in [5.74, 6) is -4.17. The van der Waals surface area contributed by atoms with Gasteiger partial charge in [0.25, 0.3) is 0 Å². The predicted octanol–water partition coefficient (Wildman–Crippen LogP) is 0.764. The number of esters is 1. The molecule has 0 aliphatic heterocycles. The maximum atomic E-state index is 13.2. The molecule has 288 valence electrons. The smallest absolute Gasteiger partial charge is 0.408 e. The minimum atomic E-state index is -1.16. The number of phenols is 1. The van der Waals surface area contributed by atoms with Crippen molar-refractivity contribution in [1.82, 2.24) is 31.9 Å². The quantitative estimate of drug-likeness (QED) is 0.0904. The molecule has 0 bridgehead atoms. The molecule has 0 fully saturated rings. The molecule has 0 saturated carbocycles. The van der Waals surface area contributed by atoms with E-state index in [0.29, 0.717) is 11.1 Å². The first-order valence-corrected chi connectivity index (χ1v) is 17.1. The Balaban J connectivity index is 1.51. The van der Waals surface area contributed by atoms with E-state index in [1.54, 1.807) is 87.5 Å². The number of phenolic OH excluding ortho intramolecular Hbond substituents is 1. The maximum Gasteiger partial charge on any atom is 0.408 e. The number of aromatic hydroxyl groups is 1. The summed E-state index contributed by atoms with van der Waals surface area (Å²) in [4.78, 5) is 88.3. The standard InChI is InChI=1S/C38H46N6O10/c1-38(2,3)54-37(52)44-30(19-26-14-16-28(45)17-15-26)36(51)42-22-33(48)43-29(18-25-10-6-4-7-11-25)35(50)41-21-32(47)39-20-31(46)40-23-34(49)53-24-27-12-8-5-9-13-27/h4-17,29-30,45H,18-24H2,1-3H3,(H,39,47)(H,40,46)(H,41,50)(H,42,51)(H,43,48)(H,44,52)/t29-,30-/m0/s1. The van der Waals surface area contributed by atoms with Crippen molar-refractivity contribution in [3.63, 3.8) is 0 Å². The molecule has 2 atom stereocenters. The average molecular weight is 747 g/mol. The Kier molecular flexibility index (Phi) is 16.4. The molecule has 3 rings (SSSR count). The van der Waals surface area contributed by atoms with Gasteiger partial charge in [-0.25, -0.2) is 4.79 Å². The summed E-state index contributed by atoms with van der Waals surface area (Å²) in [7, 11) is 0. The van der Waals surface area contributed by atoms with Crippen molar-refractivity contribution in [2.24, 2.45) is 0 Å². The molecule has 0 radical (unpaired) electrons. The lowest BCUT2D eigenvalue weighted by Crippen LogP contribution is -2.54.